The highest BCUT2D eigenvalue weighted by Gasteiger charge is 2.25. The number of nitrogens with one attached hydrogen (secondary N) is 3. The predicted molar refractivity (Wildman–Crippen MR) is 65.8 cm³/mol. The quantitative estimate of drug-likeness (QED) is 0.458. The van der Waals surface area contributed by atoms with Crippen LogP contribution >= 0.6 is 0 Å². The third kappa shape index (κ3) is 5.12. The van der Waals surface area contributed by atoms with Crippen molar-refractivity contribution in [3.05, 3.63) is 0 Å². The van der Waals surface area contributed by atoms with Gasteiger partial charge in [-0.05, 0) is 6.42 Å². The standard InChI is InChI=1S/C11H17N3O6/c1-20-9(16)4-7(10(17)18)14-11(19)13-6-2-3-8(15)12-5-6/h6-7H,2-5H2,1H3,(H,12,15)(H,17,18)(H2,13,14,19)/t6?,7-/m0/s1. The summed E-state index contributed by atoms with van der Waals surface area (Å²) in [7, 11) is 1.13. The van der Waals surface area contributed by atoms with E-state index >= 15 is 0 Å². The maximum atomic E-state index is 11.6. The number of hydrogen-bond acceptors (Lipinski definition) is 5. The molecule has 9 nitrogen and oxygen atoms in total. The van der Waals surface area contributed by atoms with E-state index in [1.54, 1.807) is 0 Å². The molecule has 0 bridgehead atoms. The number of carboxylic acids is 1. The predicted octanol–water partition coefficient (Wildman–Crippen LogP) is -1.42. The van der Waals surface area contributed by atoms with Crippen molar-refractivity contribution in [2.75, 3.05) is 13.7 Å². The molecule has 1 saturated heterocycles. The molecule has 3 amide bonds. The van der Waals surface area contributed by atoms with Crippen molar-refractivity contribution in [1.29, 1.82) is 0 Å². The summed E-state index contributed by atoms with van der Waals surface area (Å²) in [6.07, 6.45) is 0.324. The van der Waals surface area contributed by atoms with Crippen molar-refractivity contribution in [3.63, 3.8) is 0 Å². The van der Waals surface area contributed by atoms with Gasteiger partial charge in [-0.2, -0.15) is 0 Å². The summed E-state index contributed by atoms with van der Waals surface area (Å²) in [5, 5.41) is 16.2. The number of methoxy groups -OCH3 is 1. The van der Waals surface area contributed by atoms with Crippen molar-refractivity contribution in [1.82, 2.24) is 16.0 Å². The molecule has 4 N–H and O–H groups in total. The lowest BCUT2D eigenvalue weighted by Gasteiger charge is -2.24. The molecule has 1 aliphatic heterocycles. The van der Waals surface area contributed by atoms with Crippen molar-refractivity contribution in [2.24, 2.45) is 0 Å². The van der Waals surface area contributed by atoms with Gasteiger partial charge in [-0.25, -0.2) is 9.59 Å². The highest BCUT2D eigenvalue weighted by molar-refractivity contribution is 5.86. The maximum Gasteiger partial charge on any atom is 0.326 e. The Labute approximate surface area is 115 Å². The first kappa shape index (κ1) is 15.7. The first-order valence-corrected chi connectivity index (χ1v) is 6.05. The minimum atomic E-state index is -1.36. The second-order valence-electron chi connectivity index (χ2n) is 4.33. The van der Waals surface area contributed by atoms with Crippen molar-refractivity contribution in [2.45, 2.75) is 31.3 Å². The van der Waals surface area contributed by atoms with Crippen LogP contribution in [0, 0.1) is 0 Å². The highest BCUT2D eigenvalue weighted by atomic mass is 16.5. The molecule has 1 heterocycles. The summed E-state index contributed by atoms with van der Waals surface area (Å²) >= 11 is 0. The summed E-state index contributed by atoms with van der Waals surface area (Å²) in [6.45, 7) is 0.293. The summed E-state index contributed by atoms with van der Waals surface area (Å²) in [4.78, 5) is 44.5. The summed E-state index contributed by atoms with van der Waals surface area (Å²) < 4.78 is 4.35. The molecule has 0 spiro atoms. The number of amides is 3. The van der Waals surface area contributed by atoms with Gasteiger partial charge in [0.1, 0.15) is 6.04 Å². The normalized spacial score (nSPS) is 19.4. The zero-order chi connectivity index (χ0) is 15.1. The zero-order valence-corrected chi connectivity index (χ0v) is 11.0. The minimum Gasteiger partial charge on any atom is -0.480 e. The molecule has 0 aliphatic carbocycles. The van der Waals surface area contributed by atoms with E-state index in [1.165, 1.54) is 0 Å². The van der Waals surface area contributed by atoms with Gasteiger partial charge in [-0.3, -0.25) is 9.59 Å². The van der Waals surface area contributed by atoms with Crippen LogP contribution < -0.4 is 16.0 Å². The zero-order valence-electron chi connectivity index (χ0n) is 11.0. The molecule has 1 fully saturated rings. The molecule has 0 aromatic rings. The Morgan fingerprint density at radius 1 is 1.50 bits per heavy atom. The van der Waals surface area contributed by atoms with Gasteiger partial charge >= 0.3 is 18.0 Å². The lowest BCUT2D eigenvalue weighted by atomic mass is 10.1. The monoisotopic (exact) mass is 287 g/mol. The van der Waals surface area contributed by atoms with E-state index in [9.17, 15) is 19.2 Å². The summed E-state index contributed by atoms with van der Waals surface area (Å²) in [5.41, 5.74) is 0. The van der Waals surface area contributed by atoms with E-state index in [-0.39, 0.29) is 11.9 Å². The Balaban J connectivity index is 2.43. The SMILES string of the molecule is COC(=O)C[C@H](NC(=O)NC1CCC(=O)NC1)C(=O)O. The number of piperidine rings is 1. The van der Waals surface area contributed by atoms with Crippen molar-refractivity contribution in [3.8, 4) is 0 Å². The van der Waals surface area contributed by atoms with Crippen LogP contribution in [0.3, 0.4) is 0 Å². The number of carbonyl (C=O) groups excluding carboxylic acids is 3. The van der Waals surface area contributed by atoms with Gasteiger partial charge in [0.05, 0.1) is 13.5 Å². The van der Waals surface area contributed by atoms with Crippen LogP contribution in [0.5, 0.6) is 0 Å². The number of carbonyl (C=O) groups is 4. The first-order chi connectivity index (χ1) is 9.42. The van der Waals surface area contributed by atoms with Gasteiger partial charge in [0, 0.05) is 19.0 Å². The Hall–Kier alpha value is -2.32. The molecule has 20 heavy (non-hydrogen) atoms. The second-order valence-corrected chi connectivity index (χ2v) is 4.33. The number of ether oxygens (including phenoxy) is 1. The molecule has 112 valence electrons. The molecule has 0 radical (unpaired) electrons. The van der Waals surface area contributed by atoms with Gasteiger partial charge in [0.25, 0.3) is 0 Å². The van der Waals surface area contributed by atoms with E-state index < -0.39 is 30.4 Å². The van der Waals surface area contributed by atoms with Crippen LogP contribution in [0.15, 0.2) is 0 Å². The van der Waals surface area contributed by atoms with Crippen LogP contribution in [-0.4, -0.2) is 54.7 Å². The molecule has 0 aromatic heterocycles. The van der Waals surface area contributed by atoms with Crippen LogP contribution in [0.25, 0.3) is 0 Å². The van der Waals surface area contributed by atoms with Gasteiger partial charge in [-0.15, -0.1) is 0 Å². The van der Waals surface area contributed by atoms with Crippen LogP contribution in [-0.2, 0) is 19.1 Å². The number of urea groups is 1. The fraction of sp³-hybridized carbons (Fsp3) is 0.636. The van der Waals surface area contributed by atoms with Crippen molar-refractivity contribution < 1.29 is 29.0 Å². The second kappa shape index (κ2) is 7.31. The lowest BCUT2D eigenvalue weighted by molar-refractivity contribution is -0.147. The third-order valence-corrected chi connectivity index (χ3v) is 2.80. The Bertz CT molecular complexity index is 401. The van der Waals surface area contributed by atoms with E-state index in [0.717, 1.165) is 7.11 Å². The largest absolute Gasteiger partial charge is 0.480 e. The smallest absolute Gasteiger partial charge is 0.326 e. The van der Waals surface area contributed by atoms with Gasteiger partial charge in [0.15, 0.2) is 0 Å². The van der Waals surface area contributed by atoms with Crippen LogP contribution in [0.4, 0.5) is 4.79 Å². The Kier molecular flexibility index (Phi) is 5.75. The number of hydrogen-bond donors (Lipinski definition) is 4. The molecule has 9 heteroatoms. The topological polar surface area (TPSA) is 134 Å². The summed E-state index contributed by atoms with van der Waals surface area (Å²) in [5.74, 6) is -2.15. The highest BCUT2D eigenvalue weighted by Crippen LogP contribution is 2.02. The van der Waals surface area contributed by atoms with E-state index in [2.05, 4.69) is 20.7 Å². The van der Waals surface area contributed by atoms with Gasteiger partial charge in [0.2, 0.25) is 5.91 Å². The minimum absolute atomic E-state index is 0.0856. The number of aliphatic carboxylic acids is 1. The first-order valence-electron chi connectivity index (χ1n) is 6.05. The molecular formula is C11H17N3O6. The van der Waals surface area contributed by atoms with E-state index in [1.807, 2.05) is 0 Å². The molecule has 0 saturated carbocycles. The summed E-state index contributed by atoms with van der Waals surface area (Å²) in [6, 6.07) is -2.33. The molecule has 2 atom stereocenters. The molecule has 1 unspecified atom stereocenters. The number of carboxylic acid groups (broad SMARTS) is 1. The number of esters is 1. The van der Waals surface area contributed by atoms with Gasteiger partial charge in [-0.1, -0.05) is 0 Å². The maximum absolute atomic E-state index is 11.6. The average Bonchev–Trinajstić information content (AvgIpc) is 2.40. The molecule has 0 aromatic carbocycles. The Morgan fingerprint density at radius 2 is 2.20 bits per heavy atom. The fourth-order valence-corrected chi connectivity index (χ4v) is 1.69. The average molecular weight is 287 g/mol. The Morgan fingerprint density at radius 3 is 2.70 bits per heavy atom. The fourth-order valence-electron chi connectivity index (χ4n) is 1.69. The number of rotatable bonds is 5. The molecular weight excluding hydrogens is 270 g/mol. The van der Waals surface area contributed by atoms with Crippen LogP contribution in [0.1, 0.15) is 19.3 Å². The van der Waals surface area contributed by atoms with Crippen molar-refractivity contribution >= 4 is 23.9 Å². The third-order valence-electron chi connectivity index (χ3n) is 2.80. The molecule has 1 aliphatic rings. The van der Waals surface area contributed by atoms with E-state index in [0.29, 0.717) is 19.4 Å². The van der Waals surface area contributed by atoms with Crippen LogP contribution in [0.2, 0.25) is 0 Å². The van der Waals surface area contributed by atoms with E-state index in [4.69, 9.17) is 5.11 Å². The van der Waals surface area contributed by atoms with Gasteiger partial charge < -0.3 is 25.8 Å². The molecule has 1 rings (SSSR count). The lowest BCUT2D eigenvalue weighted by Crippen LogP contribution is -2.53.